The highest BCUT2D eigenvalue weighted by Gasteiger charge is 2.19. The van der Waals surface area contributed by atoms with Gasteiger partial charge >= 0.3 is 11.9 Å². The molecule has 4 N–H and O–H groups in total. The summed E-state index contributed by atoms with van der Waals surface area (Å²) in [5.74, 6) is -2.31. The molecule has 0 aromatic heterocycles. The number of aliphatic hydroxyl groups excluding tert-OH is 1. The van der Waals surface area contributed by atoms with E-state index in [4.69, 9.17) is 14.9 Å². The predicted molar refractivity (Wildman–Crippen MR) is 231 cm³/mol. The van der Waals surface area contributed by atoms with Gasteiger partial charge in [0.1, 0.15) is 12.1 Å². The number of aliphatic carboxylic acids is 1. The number of carboxylic acids is 1. The third-order valence-corrected chi connectivity index (χ3v) is 10.2. The molecule has 0 heterocycles. The third-order valence-electron chi connectivity index (χ3n) is 10.2. The van der Waals surface area contributed by atoms with Gasteiger partial charge in [0, 0.05) is 12.8 Å². The summed E-state index contributed by atoms with van der Waals surface area (Å²) in [6.07, 6.45) is 47.4. The van der Waals surface area contributed by atoms with Crippen LogP contribution in [0.5, 0.6) is 0 Å². The Hall–Kier alpha value is -2.94. The van der Waals surface area contributed by atoms with Crippen LogP contribution >= 0.6 is 0 Å². The summed E-state index contributed by atoms with van der Waals surface area (Å²) in [6.45, 7) is 3.38. The fourth-order valence-electron chi connectivity index (χ4n) is 6.67. The van der Waals surface area contributed by atoms with Crippen LogP contribution in [0.25, 0.3) is 0 Å². The molecule has 324 valence electrons. The number of rotatable bonds is 41. The van der Waals surface area contributed by atoms with Gasteiger partial charge in [-0.15, -0.1) is 0 Å². The Morgan fingerprint density at radius 2 is 1.02 bits per heavy atom. The number of hydrogen-bond acceptors (Lipinski definition) is 6. The number of amides is 2. The SMILES string of the molecule is CC/C=C\C/C=C\C/C=C\CCCCCC(=O)OC(CCCCCCCCCCCCCCCCC)CCCCCCCC(=O)NCC(=O)NC(CO)C(=O)O. The van der Waals surface area contributed by atoms with Crippen molar-refractivity contribution in [2.24, 2.45) is 0 Å². The molecule has 0 aromatic rings. The quantitative estimate of drug-likeness (QED) is 0.0274. The topological polar surface area (TPSA) is 142 Å². The van der Waals surface area contributed by atoms with Crippen molar-refractivity contribution in [2.45, 2.75) is 225 Å². The van der Waals surface area contributed by atoms with E-state index in [1.807, 2.05) is 0 Å². The minimum absolute atomic E-state index is 0.0265. The third kappa shape index (κ3) is 38.0. The van der Waals surface area contributed by atoms with Crippen LogP contribution in [0.15, 0.2) is 36.5 Å². The van der Waals surface area contributed by atoms with E-state index >= 15 is 0 Å². The Bertz CT molecular complexity index is 1040. The summed E-state index contributed by atoms with van der Waals surface area (Å²) in [5.41, 5.74) is 0. The molecule has 0 bridgehead atoms. The molecule has 0 aromatic carbocycles. The predicted octanol–water partition coefficient (Wildman–Crippen LogP) is 11.4. The van der Waals surface area contributed by atoms with Crippen LogP contribution in [0.3, 0.4) is 0 Å². The van der Waals surface area contributed by atoms with Crippen LogP contribution in [0, 0.1) is 0 Å². The summed E-state index contributed by atoms with van der Waals surface area (Å²) in [7, 11) is 0. The van der Waals surface area contributed by atoms with E-state index in [0.717, 1.165) is 89.9 Å². The number of allylic oxidation sites excluding steroid dienone is 6. The highest BCUT2D eigenvalue weighted by Crippen LogP contribution is 2.19. The molecule has 56 heavy (non-hydrogen) atoms. The molecule has 9 heteroatoms. The molecule has 0 aliphatic rings. The molecule has 2 atom stereocenters. The zero-order valence-corrected chi connectivity index (χ0v) is 35.9. The van der Waals surface area contributed by atoms with E-state index in [-0.39, 0.29) is 24.5 Å². The van der Waals surface area contributed by atoms with E-state index in [0.29, 0.717) is 19.3 Å². The monoisotopic (exact) mass is 789 g/mol. The number of unbranched alkanes of at least 4 members (excludes halogenated alkanes) is 21. The maximum atomic E-state index is 12.8. The largest absolute Gasteiger partial charge is 0.480 e. The van der Waals surface area contributed by atoms with Gasteiger partial charge < -0.3 is 25.6 Å². The molecule has 2 unspecified atom stereocenters. The van der Waals surface area contributed by atoms with Gasteiger partial charge in [-0.05, 0) is 70.6 Å². The Labute approximate surface area is 342 Å². The van der Waals surface area contributed by atoms with Crippen LogP contribution in [-0.4, -0.2) is 59.3 Å². The van der Waals surface area contributed by atoms with Crippen molar-refractivity contribution in [3.63, 3.8) is 0 Å². The zero-order valence-electron chi connectivity index (χ0n) is 35.9. The lowest BCUT2D eigenvalue weighted by molar-refractivity contribution is -0.150. The van der Waals surface area contributed by atoms with E-state index in [1.165, 1.54) is 89.9 Å². The highest BCUT2D eigenvalue weighted by molar-refractivity contribution is 5.87. The fourth-order valence-corrected chi connectivity index (χ4v) is 6.67. The lowest BCUT2D eigenvalue weighted by Crippen LogP contribution is -2.47. The van der Waals surface area contributed by atoms with E-state index in [9.17, 15) is 19.2 Å². The number of aliphatic hydroxyl groups is 1. The van der Waals surface area contributed by atoms with Gasteiger partial charge in [-0.25, -0.2) is 4.79 Å². The van der Waals surface area contributed by atoms with Crippen LogP contribution in [0.1, 0.15) is 213 Å². The van der Waals surface area contributed by atoms with Crippen LogP contribution < -0.4 is 10.6 Å². The molecule has 0 rings (SSSR count). The summed E-state index contributed by atoms with van der Waals surface area (Å²) >= 11 is 0. The zero-order chi connectivity index (χ0) is 41.2. The number of ether oxygens (including phenoxy) is 1. The first kappa shape index (κ1) is 53.1. The minimum atomic E-state index is -1.38. The first-order chi connectivity index (χ1) is 27.3. The smallest absolute Gasteiger partial charge is 0.328 e. The number of nitrogens with one attached hydrogen (secondary N) is 2. The lowest BCUT2D eigenvalue weighted by Gasteiger charge is -2.18. The molecule has 0 aliphatic carbocycles. The second-order valence-electron chi connectivity index (χ2n) is 15.5. The first-order valence-electron chi connectivity index (χ1n) is 22.9. The molecule has 0 fully saturated rings. The minimum Gasteiger partial charge on any atom is -0.480 e. The number of carbonyl (C=O) groups excluding carboxylic acids is 3. The standard InChI is InChI=1S/C47H84N2O7/c1-3-5-7-9-11-13-15-17-18-20-21-23-25-28-32-36-42(56-46(53)39-35-31-26-24-22-19-16-14-12-10-8-6-4-2)37-33-29-27-30-34-38-44(51)48-40-45(52)49-43(41-50)47(54)55/h6,8,12,14,19,22,42-43,50H,3-5,7,9-11,13,15-18,20-21,23-41H2,1-2H3,(H,48,51)(H,49,52)(H,54,55)/b8-6-,14-12-,22-19-. The van der Waals surface area contributed by atoms with Crippen molar-refractivity contribution in [3.8, 4) is 0 Å². The second-order valence-corrected chi connectivity index (χ2v) is 15.5. The molecular formula is C47H84N2O7. The summed E-state index contributed by atoms with van der Waals surface area (Å²) in [4.78, 5) is 47.6. The molecule has 2 amide bonds. The first-order valence-corrected chi connectivity index (χ1v) is 22.9. The maximum absolute atomic E-state index is 12.8. The molecule has 0 aliphatic heterocycles. The van der Waals surface area contributed by atoms with Crippen molar-refractivity contribution < 1.29 is 34.1 Å². The number of carbonyl (C=O) groups is 4. The van der Waals surface area contributed by atoms with Gasteiger partial charge in [0.15, 0.2) is 0 Å². The van der Waals surface area contributed by atoms with E-state index in [1.54, 1.807) is 0 Å². The highest BCUT2D eigenvalue weighted by atomic mass is 16.5. The number of hydrogen-bond donors (Lipinski definition) is 4. The van der Waals surface area contributed by atoms with Crippen molar-refractivity contribution >= 4 is 23.8 Å². The van der Waals surface area contributed by atoms with Crippen LogP contribution in [0.4, 0.5) is 0 Å². The molecule has 0 saturated heterocycles. The maximum Gasteiger partial charge on any atom is 0.328 e. The van der Waals surface area contributed by atoms with E-state index < -0.39 is 24.5 Å². The van der Waals surface area contributed by atoms with Gasteiger partial charge in [-0.1, -0.05) is 166 Å². The lowest BCUT2D eigenvalue weighted by atomic mass is 10.0. The van der Waals surface area contributed by atoms with Crippen molar-refractivity contribution in [3.05, 3.63) is 36.5 Å². The average molecular weight is 789 g/mol. The van der Waals surface area contributed by atoms with Crippen LogP contribution in [0.2, 0.25) is 0 Å². The normalized spacial score (nSPS) is 12.8. The second kappa shape index (κ2) is 41.7. The van der Waals surface area contributed by atoms with Gasteiger partial charge in [-0.3, -0.25) is 14.4 Å². The van der Waals surface area contributed by atoms with Crippen LogP contribution in [-0.2, 0) is 23.9 Å². The molecule has 9 nitrogen and oxygen atoms in total. The summed E-state index contributed by atoms with van der Waals surface area (Å²) in [5, 5.41) is 22.6. The van der Waals surface area contributed by atoms with E-state index in [2.05, 4.69) is 60.9 Å². The molecule has 0 saturated carbocycles. The Kier molecular flexibility index (Phi) is 39.5. The summed E-state index contributed by atoms with van der Waals surface area (Å²) in [6, 6.07) is -1.38. The Balaban J connectivity index is 4.36. The van der Waals surface area contributed by atoms with Gasteiger partial charge in [0.2, 0.25) is 11.8 Å². The van der Waals surface area contributed by atoms with Crippen molar-refractivity contribution in [2.75, 3.05) is 13.2 Å². The summed E-state index contributed by atoms with van der Waals surface area (Å²) < 4.78 is 6.03. The number of esters is 1. The average Bonchev–Trinajstić information content (AvgIpc) is 3.18. The van der Waals surface area contributed by atoms with Gasteiger partial charge in [-0.2, -0.15) is 0 Å². The molecular weight excluding hydrogens is 705 g/mol. The van der Waals surface area contributed by atoms with Crippen molar-refractivity contribution in [1.82, 2.24) is 10.6 Å². The molecule has 0 spiro atoms. The number of carboxylic acid groups (broad SMARTS) is 1. The fraction of sp³-hybridized carbons (Fsp3) is 0.787. The molecule has 0 radical (unpaired) electrons. The Morgan fingerprint density at radius 3 is 1.54 bits per heavy atom. The van der Waals surface area contributed by atoms with Crippen molar-refractivity contribution in [1.29, 1.82) is 0 Å². The Morgan fingerprint density at radius 1 is 0.554 bits per heavy atom. The van der Waals surface area contributed by atoms with Gasteiger partial charge in [0.05, 0.1) is 13.2 Å². The van der Waals surface area contributed by atoms with Gasteiger partial charge in [0.25, 0.3) is 0 Å².